The first-order chi connectivity index (χ1) is 8.16. The molecular weight excluding hydrogens is 248 g/mol. The van der Waals surface area contributed by atoms with E-state index in [4.69, 9.17) is 0 Å². The molecule has 1 unspecified atom stereocenters. The SMILES string of the molecule is Cc1cccc(N(C)C(=O)CC2CCCN2)c1.Cl. The van der Waals surface area contributed by atoms with Gasteiger partial charge in [0.25, 0.3) is 0 Å². The van der Waals surface area contributed by atoms with Gasteiger partial charge >= 0.3 is 0 Å². The van der Waals surface area contributed by atoms with Crippen molar-refractivity contribution in [2.45, 2.75) is 32.2 Å². The molecule has 0 bridgehead atoms. The molecule has 0 spiro atoms. The maximum atomic E-state index is 12.1. The maximum Gasteiger partial charge on any atom is 0.228 e. The van der Waals surface area contributed by atoms with E-state index in [1.807, 2.05) is 38.2 Å². The third-order valence-electron chi connectivity index (χ3n) is 3.35. The van der Waals surface area contributed by atoms with Gasteiger partial charge in [0.05, 0.1) is 0 Å². The Kier molecular flexibility index (Phi) is 5.63. The van der Waals surface area contributed by atoms with Crippen LogP contribution < -0.4 is 10.2 Å². The average molecular weight is 269 g/mol. The number of hydrogen-bond acceptors (Lipinski definition) is 2. The number of aryl methyl sites for hydroxylation is 1. The second-order valence-electron chi connectivity index (χ2n) is 4.79. The first kappa shape index (κ1) is 15.0. The zero-order chi connectivity index (χ0) is 12.3. The Morgan fingerprint density at radius 1 is 1.50 bits per heavy atom. The molecule has 1 fully saturated rings. The van der Waals surface area contributed by atoms with Crippen molar-refractivity contribution >= 4 is 24.0 Å². The van der Waals surface area contributed by atoms with Crippen molar-refractivity contribution in [2.75, 3.05) is 18.5 Å². The average Bonchev–Trinajstić information content (AvgIpc) is 2.80. The van der Waals surface area contributed by atoms with Gasteiger partial charge in [-0.15, -0.1) is 12.4 Å². The van der Waals surface area contributed by atoms with Gasteiger partial charge in [-0.2, -0.15) is 0 Å². The molecule has 1 aromatic carbocycles. The fourth-order valence-corrected chi connectivity index (χ4v) is 2.26. The van der Waals surface area contributed by atoms with Crippen LogP contribution >= 0.6 is 12.4 Å². The molecule has 1 amide bonds. The molecule has 1 aromatic rings. The van der Waals surface area contributed by atoms with Crippen LogP contribution in [0.1, 0.15) is 24.8 Å². The monoisotopic (exact) mass is 268 g/mol. The van der Waals surface area contributed by atoms with Gasteiger partial charge in [-0.3, -0.25) is 4.79 Å². The summed E-state index contributed by atoms with van der Waals surface area (Å²) in [4.78, 5) is 13.9. The molecule has 0 aromatic heterocycles. The van der Waals surface area contributed by atoms with Crippen LogP contribution in [0.4, 0.5) is 5.69 Å². The van der Waals surface area contributed by atoms with Gasteiger partial charge in [-0.05, 0) is 44.0 Å². The molecule has 4 heteroatoms. The van der Waals surface area contributed by atoms with Crippen molar-refractivity contribution in [1.29, 1.82) is 0 Å². The fourth-order valence-electron chi connectivity index (χ4n) is 2.26. The minimum Gasteiger partial charge on any atom is -0.315 e. The second-order valence-corrected chi connectivity index (χ2v) is 4.79. The predicted octanol–water partition coefficient (Wildman–Crippen LogP) is 2.52. The minimum absolute atomic E-state index is 0. The van der Waals surface area contributed by atoms with Crippen molar-refractivity contribution in [2.24, 2.45) is 0 Å². The number of anilines is 1. The highest BCUT2D eigenvalue weighted by Crippen LogP contribution is 2.17. The summed E-state index contributed by atoms with van der Waals surface area (Å²) in [6.07, 6.45) is 2.91. The van der Waals surface area contributed by atoms with Crippen LogP contribution in [-0.2, 0) is 4.79 Å². The summed E-state index contributed by atoms with van der Waals surface area (Å²) in [5, 5.41) is 3.36. The number of halogens is 1. The van der Waals surface area contributed by atoms with Crippen LogP contribution in [0.15, 0.2) is 24.3 Å². The van der Waals surface area contributed by atoms with Gasteiger partial charge in [0, 0.05) is 25.2 Å². The molecule has 1 aliphatic rings. The summed E-state index contributed by atoms with van der Waals surface area (Å²) in [7, 11) is 1.85. The highest BCUT2D eigenvalue weighted by Gasteiger charge is 2.20. The second kappa shape index (κ2) is 6.76. The van der Waals surface area contributed by atoms with E-state index in [2.05, 4.69) is 5.32 Å². The molecule has 100 valence electrons. The van der Waals surface area contributed by atoms with E-state index in [1.165, 1.54) is 12.0 Å². The molecule has 18 heavy (non-hydrogen) atoms. The van der Waals surface area contributed by atoms with E-state index in [-0.39, 0.29) is 18.3 Å². The zero-order valence-electron chi connectivity index (χ0n) is 11.0. The molecule has 0 aliphatic carbocycles. The third-order valence-corrected chi connectivity index (χ3v) is 3.35. The Labute approximate surface area is 115 Å². The highest BCUT2D eigenvalue weighted by atomic mass is 35.5. The lowest BCUT2D eigenvalue weighted by molar-refractivity contribution is -0.118. The van der Waals surface area contributed by atoms with Crippen LogP contribution in [-0.4, -0.2) is 25.5 Å². The fraction of sp³-hybridized carbons (Fsp3) is 0.500. The molecule has 1 atom stereocenters. The summed E-state index contributed by atoms with van der Waals surface area (Å²) in [5.74, 6) is 0.190. The van der Waals surface area contributed by atoms with Crippen molar-refractivity contribution in [3.63, 3.8) is 0 Å². The molecule has 1 aliphatic heterocycles. The first-order valence-corrected chi connectivity index (χ1v) is 6.23. The first-order valence-electron chi connectivity index (χ1n) is 6.23. The number of nitrogens with one attached hydrogen (secondary N) is 1. The van der Waals surface area contributed by atoms with E-state index in [1.54, 1.807) is 4.90 Å². The summed E-state index contributed by atoms with van der Waals surface area (Å²) < 4.78 is 0. The summed E-state index contributed by atoms with van der Waals surface area (Å²) in [5.41, 5.74) is 2.16. The van der Waals surface area contributed by atoms with Crippen LogP contribution in [0.3, 0.4) is 0 Å². The van der Waals surface area contributed by atoms with Crippen LogP contribution in [0.5, 0.6) is 0 Å². The topological polar surface area (TPSA) is 32.3 Å². The number of nitrogens with zero attached hydrogens (tertiary/aromatic N) is 1. The van der Waals surface area contributed by atoms with Gasteiger partial charge in [0.2, 0.25) is 5.91 Å². The van der Waals surface area contributed by atoms with Gasteiger partial charge in [-0.25, -0.2) is 0 Å². The number of amides is 1. The number of rotatable bonds is 3. The van der Waals surface area contributed by atoms with Gasteiger partial charge < -0.3 is 10.2 Å². The molecule has 0 saturated carbocycles. The van der Waals surface area contributed by atoms with E-state index in [0.29, 0.717) is 12.5 Å². The number of benzene rings is 1. The predicted molar refractivity (Wildman–Crippen MR) is 77.5 cm³/mol. The Morgan fingerprint density at radius 3 is 2.89 bits per heavy atom. The molecule has 3 nitrogen and oxygen atoms in total. The minimum atomic E-state index is 0. The lowest BCUT2D eigenvalue weighted by atomic mass is 10.1. The molecular formula is C14H21ClN2O. The maximum absolute atomic E-state index is 12.1. The number of hydrogen-bond donors (Lipinski definition) is 1. The van der Waals surface area contributed by atoms with Crippen LogP contribution in [0.2, 0.25) is 0 Å². The Balaban J connectivity index is 0.00000162. The van der Waals surface area contributed by atoms with E-state index < -0.39 is 0 Å². The van der Waals surface area contributed by atoms with Gasteiger partial charge in [0.1, 0.15) is 0 Å². The van der Waals surface area contributed by atoms with E-state index in [9.17, 15) is 4.79 Å². The van der Waals surface area contributed by atoms with E-state index in [0.717, 1.165) is 18.7 Å². The zero-order valence-corrected chi connectivity index (χ0v) is 11.8. The Hall–Kier alpha value is -1.06. The van der Waals surface area contributed by atoms with Crippen molar-refractivity contribution in [3.05, 3.63) is 29.8 Å². The normalized spacial score (nSPS) is 18.2. The standard InChI is InChI=1S/C14H20N2O.ClH/c1-11-5-3-7-13(9-11)16(2)14(17)10-12-6-4-8-15-12;/h3,5,7,9,12,15H,4,6,8,10H2,1-2H3;1H. The largest absolute Gasteiger partial charge is 0.315 e. The Morgan fingerprint density at radius 2 is 2.28 bits per heavy atom. The van der Waals surface area contributed by atoms with Gasteiger partial charge in [0.15, 0.2) is 0 Å². The van der Waals surface area contributed by atoms with Crippen molar-refractivity contribution < 1.29 is 4.79 Å². The third kappa shape index (κ3) is 3.72. The lowest BCUT2D eigenvalue weighted by Crippen LogP contribution is -2.33. The lowest BCUT2D eigenvalue weighted by Gasteiger charge is -2.20. The Bertz CT molecular complexity index is 403. The van der Waals surface area contributed by atoms with Gasteiger partial charge in [-0.1, -0.05) is 12.1 Å². The quantitative estimate of drug-likeness (QED) is 0.914. The molecule has 1 N–H and O–H groups in total. The molecule has 2 rings (SSSR count). The highest BCUT2D eigenvalue weighted by molar-refractivity contribution is 5.93. The van der Waals surface area contributed by atoms with Crippen molar-refractivity contribution in [3.8, 4) is 0 Å². The van der Waals surface area contributed by atoms with Crippen molar-refractivity contribution in [1.82, 2.24) is 5.32 Å². The van der Waals surface area contributed by atoms with Crippen LogP contribution in [0.25, 0.3) is 0 Å². The summed E-state index contributed by atoms with van der Waals surface area (Å²) in [6, 6.07) is 8.42. The molecule has 1 saturated heterocycles. The van der Waals surface area contributed by atoms with E-state index >= 15 is 0 Å². The van der Waals surface area contributed by atoms with Crippen LogP contribution in [0, 0.1) is 6.92 Å². The molecule has 1 heterocycles. The summed E-state index contributed by atoms with van der Waals surface area (Å²) >= 11 is 0. The smallest absolute Gasteiger partial charge is 0.228 e. The number of carbonyl (C=O) groups is 1. The number of carbonyl (C=O) groups excluding carboxylic acids is 1. The molecule has 0 radical (unpaired) electrons. The summed E-state index contributed by atoms with van der Waals surface area (Å²) in [6.45, 7) is 3.09.